The number of rotatable bonds is 5. The number of amides is 2. The molecule has 212 valence electrons. The van der Waals surface area contributed by atoms with Gasteiger partial charge in [0.05, 0.1) is 31.8 Å². The molecule has 40 heavy (non-hydrogen) atoms. The van der Waals surface area contributed by atoms with Gasteiger partial charge in [-0.25, -0.2) is 0 Å². The summed E-state index contributed by atoms with van der Waals surface area (Å²) in [7, 11) is 0. The number of benzene rings is 1. The van der Waals surface area contributed by atoms with Gasteiger partial charge in [-0.3, -0.25) is 9.59 Å². The third-order valence-corrected chi connectivity index (χ3v) is 8.72. The van der Waals surface area contributed by atoms with E-state index < -0.39 is 5.41 Å². The van der Waals surface area contributed by atoms with Gasteiger partial charge >= 0.3 is 0 Å². The number of aromatic amines is 1. The Morgan fingerprint density at radius 1 is 1.10 bits per heavy atom. The zero-order valence-electron chi connectivity index (χ0n) is 22.9. The molecule has 3 heterocycles. The second-order valence-electron chi connectivity index (χ2n) is 11.3. The summed E-state index contributed by atoms with van der Waals surface area (Å²) in [4.78, 5) is 30.5. The lowest BCUT2D eigenvalue weighted by Crippen LogP contribution is -2.45. The Labute approximate surface area is 233 Å². The van der Waals surface area contributed by atoms with Crippen LogP contribution >= 0.6 is 0 Å². The first-order valence-corrected chi connectivity index (χ1v) is 14.2. The number of carbonyl (C=O) groups excluding carboxylic acids is 2. The van der Waals surface area contributed by atoms with Crippen LogP contribution in [0, 0.1) is 11.8 Å². The highest BCUT2D eigenvalue weighted by atomic mass is 16.5. The highest BCUT2D eigenvalue weighted by molar-refractivity contribution is 5.96. The van der Waals surface area contributed by atoms with Crippen molar-refractivity contribution < 1.29 is 19.1 Å². The molecule has 1 aromatic heterocycles. The molecule has 2 amide bonds. The summed E-state index contributed by atoms with van der Waals surface area (Å²) in [5.74, 6) is 0.641. The Hall–Kier alpha value is -3.41. The Balaban J connectivity index is 1.42. The second-order valence-corrected chi connectivity index (χ2v) is 11.3. The molecular weight excluding hydrogens is 510 g/mol. The van der Waals surface area contributed by atoms with Crippen LogP contribution in [-0.2, 0) is 26.1 Å². The number of aromatic nitrogens is 4. The van der Waals surface area contributed by atoms with E-state index in [1.165, 1.54) is 0 Å². The number of H-pyrrole nitrogens is 1. The van der Waals surface area contributed by atoms with Crippen molar-refractivity contribution in [1.82, 2.24) is 30.4 Å². The summed E-state index contributed by atoms with van der Waals surface area (Å²) in [5.41, 5.74) is 9.37. The van der Waals surface area contributed by atoms with Gasteiger partial charge in [0.15, 0.2) is 5.82 Å². The van der Waals surface area contributed by atoms with E-state index >= 15 is 0 Å². The average Bonchev–Trinajstić information content (AvgIpc) is 3.50. The van der Waals surface area contributed by atoms with E-state index in [0.29, 0.717) is 76.0 Å². The van der Waals surface area contributed by atoms with Crippen molar-refractivity contribution in [3.63, 3.8) is 0 Å². The first kappa shape index (κ1) is 26.8. The quantitative estimate of drug-likeness (QED) is 0.570. The standard InChI is InChI=1S/C29H37N7O4/c1-19(30)18-29(28-31-33-34-32-28)24-6-4-22(26(37)35-8-12-39-13-9-35)16-20(24)2-3-21-17-23(5-7-25(21)29)27(38)36-10-14-40-15-11-36/h4-7,16-17,19-20,24H,2-3,8-15,18,30H2,1H3,(H,31,32,33,34)/t19-,20?,24?,29?/m0/s1. The van der Waals surface area contributed by atoms with Gasteiger partial charge in [0.2, 0.25) is 0 Å². The Morgan fingerprint density at radius 3 is 2.45 bits per heavy atom. The van der Waals surface area contributed by atoms with Gasteiger partial charge in [-0.1, -0.05) is 29.5 Å². The fourth-order valence-corrected chi connectivity index (χ4v) is 6.91. The fourth-order valence-electron chi connectivity index (χ4n) is 6.91. The molecule has 2 fully saturated rings. The SMILES string of the molecule is C[C@H](N)CC1(c2nn[nH]n2)c2ccc(C(=O)N3CCOCC3)cc2CCC2C=C(C(=O)N3CCOCC3)C=CC21. The number of hydrogen-bond donors (Lipinski definition) is 2. The number of nitrogens with two attached hydrogens (primary N) is 1. The molecule has 2 saturated heterocycles. The first-order valence-electron chi connectivity index (χ1n) is 14.2. The van der Waals surface area contributed by atoms with Crippen LogP contribution in [0.3, 0.4) is 0 Å². The summed E-state index contributed by atoms with van der Waals surface area (Å²) in [6.07, 6.45) is 8.39. The van der Waals surface area contributed by atoms with Gasteiger partial charge < -0.3 is 25.0 Å². The van der Waals surface area contributed by atoms with Crippen LogP contribution in [0.15, 0.2) is 42.0 Å². The molecule has 6 rings (SSSR count). The number of tetrazole rings is 1. The molecule has 4 atom stereocenters. The van der Waals surface area contributed by atoms with E-state index in [1.54, 1.807) is 0 Å². The monoisotopic (exact) mass is 547 g/mol. The number of allylic oxidation sites excluding steroid dienone is 2. The van der Waals surface area contributed by atoms with E-state index in [1.807, 2.05) is 34.9 Å². The van der Waals surface area contributed by atoms with Crippen molar-refractivity contribution >= 4 is 11.8 Å². The van der Waals surface area contributed by atoms with Crippen LogP contribution in [0.5, 0.6) is 0 Å². The van der Waals surface area contributed by atoms with Gasteiger partial charge in [0.1, 0.15) is 0 Å². The van der Waals surface area contributed by atoms with Crippen LogP contribution < -0.4 is 5.73 Å². The third-order valence-electron chi connectivity index (χ3n) is 8.72. The van der Waals surface area contributed by atoms with Crippen molar-refractivity contribution in [3.8, 4) is 0 Å². The number of nitrogens with zero attached hydrogens (tertiary/aromatic N) is 5. The lowest BCUT2D eigenvalue weighted by molar-refractivity contribution is -0.130. The topological polar surface area (TPSA) is 140 Å². The van der Waals surface area contributed by atoms with Crippen molar-refractivity contribution in [3.05, 3.63) is 64.5 Å². The van der Waals surface area contributed by atoms with Gasteiger partial charge in [-0.2, -0.15) is 5.21 Å². The van der Waals surface area contributed by atoms with E-state index in [-0.39, 0.29) is 29.7 Å². The minimum atomic E-state index is -0.682. The Morgan fingerprint density at radius 2 is 1.80 bits per heavy atom. The Bertz CT molecular complexity index is 1300. The second kappa shape index (κ2) is 11.2. The lowest BCUT2D eigenvalue weighted by atomic mass is 9.61. The highest BCUT2D eigenvalue weighted by Gasteiger charge is 2.51. The predicted molar refractivity (Wildman–Crippen MR) is 146 cm³/mol. The number of fused-ring (bicyclic) bond motifs is 2. The summed E-state index contributed by atoms with van der Waals surface area (Å²) in [5, 5.41) is 15.6. The third kappa shape index (κ3) is 4.86. The zero-order valence-corrected chi connectivity index (χ0v) is 22.9. The molecule has 1 aromatic carbocycles. The van der Waals surface area contributed by atoms with Crippen molar-refractivity contribution in [2.75, 3.05) is 52.6 Å². The van der Waals surface area contributed by atoms with Gasteiger partial charge in [0.25, 0.3) is 11.8 Å². The molecule has 2 aliphatic heterocycles. The van der Waals surface area contributed by atoms with Crippen LogP contribution in [0.25, 0.3) is 0 Å². The first-order chi connectivity index (χ1) is 19.5. The molecule has 3 unspecified atom stereocenters. The molecule has 11 heteroatoms. The van der Waals surface area contributed by atoms with Crippen LogP contribution in [-0.4, -0.2) is 101 Å². The largest absolute Gasteiger partial charge is 0.378 e. The summed E-state index contributed by atoms with van der Waals surface area (Å²) < 4.78 is 10.9. The van der Waals surface area contributed by atoms with Crippen LogP contribution in [0.2, 0.25) is 0 Å². The van der Waals surface area contributed by atoms with Gasteiger partial charge in [-0.15, -0.1) is 10.2 Å². The van der Waals surface area contributed by atoms with E-state index in [2.05, 4.69) is 38.8 Å². The zero-order chi connectivity index (χ0) is 27.7. The molecule has 3 N–H and O–H groups in total. The number of nitrogens with one attached hydrogen (secondary N) is 1. The fraction of sp³-hybridized carbons (Fsp3) is 0.552. The van der Waals surface area contributed by atoms with Crippen LogP contribution in [0.4, 0.5) is 0 Å². The Kier molecular flexibility index (Phi) is 7.52. The van der Waals surface area contributed by atoms with Gasteiger partial charge in [0, 0.05) is 49.3 Å². The summed E-state index contributed by atoms with van der Waals surface area (Å²) in [6.45, 7) is 6.60. The maximum atomic E-state index is 13.4. The smallest absolute Gasteiger partial charge is 0.254 e. The lowest BCUT2D eigenvalue weighted by Gasteiger charge is -2.42. The molecule has 4 aliphatic rings. The highest BCUT2D eigenvalue weighted by Crippen LogP contribution is 2.51. The minimum absolute atomic E-state index is 0.0169. The number of ether oxygens (including phenoxy) is 2. The summed E-state index contributed by atoms with van der Waals surface area (Å²) >= 11 is 0. The molecule has 2 aromatic rings. The number of carbonyl (C=O) groups is 2. The normalized spacial score (nSPS) is 27.3. The maximum Gasteiger partial charge on any atom is 0.254 e. The number of morpholine rings is 2. The molecule has 0 saturated carbocycles. The van der Waals surface area contributed by atoms with Gasteiger partial charge in [-0.05, 0) is 55.4 Å². The summed E-state index contributed by atoms with van der Waals surface area (Å²) in [6, 6.07) is 5.86. The van der Waals surface area contributed by atoms with E-state index in [0.717, 1.165) is 24.0 Å². The van der Waals surface area contributed by atoms with Crippen molar-refractivity contribution in [1.29, 1.82) is 0 Å². The molecule has 0 bridgehead atoms. The average molecular weight is 548 g/mol. The molecule has 0 spiro atoms. The molecule has 11 nitrogen and oxygen atoms in total. The molecule has 2 aliphatic carbocycles. The van der Waals surface area contributed by atoms with E-state index in [9.17, 15) is 9.59 Å². The number of hydrogen-bond acceptors (Lipinski definition) is 8. The van der Waals surface area contributed by atoms with Crippen molar-refractivity contribution in [2.24, 2.45) is 17.6 Å². The molecule has 0 radical (unpaired) electrons. The maximum absolute atomic E-state index is 13.4. The number of aryl methyl sites for hydroxylation is 1. The van der Waals surface area contributed by atoms with Crippen LogP contribution in [0.1, 0.15) is 47.1 Å². The minimum Gasteiger partial charge on any atom is -0.378 e. The van der Waals surface area contributed by atoms with E-state index in [4.69, 9.17) is 15.2 Å². The van der Waals surface area contributed by atoms with Crippen molar-refractivity contribution in [2.45, 2.75) is 37.6 Å². The molecular formula is C29H37N7O4. The predicted octanol–water partition coefficient (Wildman–Crippen LogP) is 1.23.